The highest BCUT2D eigenvalue weighted by Gasteiger charge is 2.54. The SMILES string of the molecule is CC[C@H](OC)[C@@H](C)[C@H]1O[C@@H]1C(NCCc1ccccn1)C(C)(O)/C=C/C=C(\C)[C@@H]1OC(=O)C[C@H](O)CC[C@@](C)(O)[C@@H](OC(C)=O)/C=C/[C@@H]1C. The second kappa shape index (κ2) is 18.3. The summed E-state index contributed by atoms with van der Waals surface area (Å²) in [6.07, 6.45) is 8.89. The van der Waals surface area contributed by atoms with Crippen molar-refractivity contribution in [2.24, 2.45) is 11.8 Å². The number of aliphatic hydroxyl groups is 3. The van der Waals surface area contributed by atoms with Crippen molar-refractivity contribution in [1.29, 1.82) is 0 Å². The Kier molecular flexibility index (Phi) is 15.2. The number of nitrogens with zero attached hydrogens (tertiary/aromatic N) is 1. The Morgan fingerprint density at radius 2 is 2.00 bits per heavy atom. The van der Waals surface area contributed by atoms with Gasteiger partial charge in [-0.2, -0.15) is 0 Å². The van der Waals surface area contributed by atoms with Crippen LogP contribution in [0.25, 0.3) is 0 Å². The van der Waals surface area contributed by atoms with Gasteiger partial charge in [0.1, 0.15) is 23.9 Å². The van der Waals surface area contributed by atoms with Crippen molar-refractivity contribution in [2.75, 3.05) is 13.7 Å². The molecule has 0 aromatic carbocycles. The third-order valence-corrected chi connectivity index (χ3v) is 9.66. The highest BCUT2D eigenvalue weighted by Crippen LogP contribution is 2.39. The zero-order valence-electron chi connectivity index (χ0n) is 30.4. The molecular formula is C38H58N2O9. The van der Waals surface area contributed by atoms with Crippen LogP contribution in [0.5, 0.6) is 0 Å². The standard InChI is InChI=1S/C38H58N2O9/c1-9-30(46-8)26(4)34-35(49-34)36(40-22-18-28-14-10-11-21-39-28)38(7,45)19-12-13-24(2)33-25(3)15-16-31(47-27(5)41)37(6,44)20-17-29(42)23-32(43)48-33/h10-16,19,21,25-26,29-31,33-36,40,42,44-45H,9,17-18,20,22-23H2,1-8H3/b16-15+,19-12+,24-13+/t25-,26+,29+,30-,31-,33-,34+,35-,36?,37+,38?/m0/s1. The average Bonchev–Trinajstić information content (AvgIpc) is 3.83. The molecule has 0 radical (unpaired) electrons. The van der Waals surface area contributed by atoms with Crippen LogP contribution in [0.2, 0.25) is 0 Å². The number of nitrogens with one attached hydrogen (secondary N) is 1. The summed E-state index contributed by atoms with van der Waals surface area (Å²) in [5.74, 6) is -1.36. The zero-order chi connectivity index (χ0) is 36.4. The van der Waals surface area contributed by atoms with Crippen LogP contribution in [0.1, 0.15) is 79.8 Å². The molecule has 274 valence electrons. The quantitative estimate of drug-likeness (QED) is 0.0970. The van der Waals surface area contributed by atoms with Crippen LogP contribution in [-0.2, 0) is 35.0 Å². The minimum Gasteiger partial charge on any atom is -0.457 e. The van der Waals surface area contributed by atoms with Gasteiger partial charge in [-0.3, -0.25) is 14.6 Å². The van der Waals surface area contributed by atoms with E-state index in [1.807, 2.05) is 32.0 Å². The van der Waals surface area contributed by atoms with Gasteiger partial charge in [-0.1, -0.05) is 51.1 Å². The van der Waals surface area contributed by atoms with Crippen LogP contribution in [0.4, 0.5) is 0 Å². The van der Waals surface area contributed by atoms with Crippen molar-refractivity contribution >= 4 is 11.9 Å². The van der Waals surface area contributed by atoms with Gasteiger partial charge >= 0.3 is 11.9 Å². The van der Waals surface area contributed by atoms with E-state index in [4.69, 9.17) is 18.9 Å². The van der Waals surface area contributed by atoms with Crippen molar-refractivity contribution in [3.8, 4) is 0 Å². The number of cyclic esters (lactones) is 1. The lowest BCUT2D eigenvalue weighted by molar-refractivity contribution is -0.157. The number of pyridine rings is 1. The van der Waals surface area contributed by atoms with E-state index in [-0.39, 0.29) is 49.4 Å². The first-order valence-corrected chi connectivity index (χ1v) is 17.4. The monoisotopic (exact) mass is 686 g/mol. The summed E-state index contributed by atoms with van der Waals surface area (Å²) >= 11 is 0. The molecular weight excluding hydrogens is 628 g/mol. The fraction of sp³-hybridized carbons (Fsp3) is 0.658. The predicted molar refractivity (Wildman–Crippen MR) is 186 cm³/mol. The van der Waals surface area contributed by atoms with Gasteiger partial charge in [-0.25, -0.2) is 0 Å². The number of ether oxygens (including phenoxy) is 4. The Morgan fingerprint density at radius 3 is 2.63 bits per heavy atom. The number of carbonyl (C=O) groups is 2. The molecule has 0 saturated carbocycles. The molecule has 2 unspecified atom stereocenters. The summed E-state index contributed by atoms with van der Waals surface area (Å²) in [4.78, 5) is 29.1. The van der Waals surface area contributed by atoms with Gasteiger partial charge in [0, 0.05) is 50.7 Å². The van der Waals surface area contributed by atoms with E-state index in [1.165, 1.54) is 6.92 Å². The molecule has 0 aliphatic carbocycles. The molecule has 49 heavy (non-hydrogen) atoms. The highest BCUT2D eigenvalue weighted by molar-refractivity contribution is 5.70. The zero-order valence-corrected chi connectivity index (χ0v) is 30.4. The maximum atomic E-state index is 12.9. The molecule has 11 nitrogen and oxygen atoms in total. The number of hydrogen-bond donors (Lipinski definition) is 4. The maximum absolute atomic E-state index is 12.9. The van der Waals surface area contributed by atoms with Gasteiger partial charge in [0.15, 0.2) is 0 Å². The maximum Gasteiger partial charge on any atom is 0.309 e. The molecule has 1 aromatic heterocycles. The van der Waals surface area contributed by atoms with Crippen molar-refractivity contribution in [1.82, 2.24) is 10.3 Å². The number of carbonyl (C=O) groups excluding carboxylic acids is 2. The second-order valence-electron chi connectivity index (χ2n) is 14.0. The van der Waals surface area contributed by atoms with Crippen LogP contribution >= 0.6 is 0 Å². The smallest absolute Gasteiger partial charge is 0.309 e. The molecule has 2 aliphatic rings. The molecule has 1 aromatic rings. The lowest BCUT2D eigenvalue weighted by Crippen LogP contribution is -2.52. The van der Waals surface area contributed by atoms with Crippen molar-refractivity contribution in [2.45, 2.75) is 134 Å². The van der Waals surface area contributed by atoms with Gasteiger partial charge < -0.3 is 39.6 Å². The fourth-order valence-corrected chi connectivity index (χ4v) is 6.57. The van der Waals surface area contributed by atoms with Crippen LogP contribution in [-0.4, -0.2) is 99.8 Å². The first-order valence-electron chi connectivity index (χ1n) is 17.4. The lowest BCUT2D eigenvalue weighted by Gasteiger charge is -2.32. The van der Waals surface area contributed by atoms with Crippen molar-refractivity contribution in [3.63, 3.8) is 0 Å². The number of aliphatic hydroxyl groups excluding tert-OH is 1. The Bertz CT molecular complexity index is 1290. The molecule has 1 fully saturated rings. The average molecular weight is 687 g/mol. The minimum atomic E-state index is -1.45. The molecule has 1 saturated heterocycles. The molecule has 2 aliphatic heterocycles. The van der Waals surface area contributed by atoms with Crippen molar-refractivity contribution in [3.05, 3.63) is 66.0 Å². The van der Waals surface area contributed by atoms with E-state index in [9.17, 15) is 24.9 Å². The largest absolute Gasteiger partial charge is 0.457 e. The molecule has 4 N–H and O–H groups in total. The van der Waals surface area contributed by atoms with E-state index in [1.54, 1.807) is 57.5 Å². The molecule has 0 spiro atoms. The molecule has 0 amide bonds. The molecule has 3 rings (SSSR count). The number of rotatable bonds is 14. The topological polar surface area (TPSA) is 160 Å². The Balaban J connectivity index is 1.84. The van der Waals surface area contributed by atoms with Crippen molar-refractivity contribution < 1.29 is 43.9 Å². The Labute approximate surface area is 291 Å². The van der Waals surface area contributed by atoms with Gasteiger partial charge in [0.25, 0.3) is 0 Å². The minimum absolute atomic E-state index is 0.0384. The third-order valence-electron chi connectivity index (χ3n) is 9.66. The van der Waals surface area contributed by atoms with Gasteiger partial charge in [0.2, 0.25) is 0 Å². The van der Waals surface area contributed by atoms with E-state index in [0.29, 0.717) is 18.5 Å². The van der Waals surface area contributed by atoms with Crippen LogP contribution < -0.4 is 5.32 Å². The number of hydrogen-bond acceptors (Lipinski definition) is 11. The summed E-state index contributed by atoms with van der Waals surface area (Å²) in [5.41, 5.74) is -1.14. The van der Waals surface area contributed by atoms with Gasteiger partial charge in [-0.15, -0.1) is 0 Å². The first kappa shape index (κ1) is 40.5. The van der Waals surface area contributed by atoms with Gasteiger partial charge in [-0.05, 0) is 63.8 Å². The van der Waals surface area contributed by atoms with Crippen LogP contribution in [0, 0.1) is 11.8 Å². The summed E-state index contributed by atoms with van der Waals surface area (Å²) in [6.45, 7) is 13.0. The molecule has 3 heterocycles. The summed E-state index contributed by atoms with van der Waals surface area (Å²) in [5, 5.41) is 37.0. The Morgan fingerprint density at radius 1 is 1.27 bits per heavy atom. The summed E-state index contributed by atoms with van der Waals surface area (Å²) in [6, 6.07) is 5.36. The third kappa shape index (κ3) is 12.1. The predicted octanol–water partition coefficient (Wildman–Crippen LogP) is 4.00. The normalized spacial score (nSPS) is 32.1. The Hall–Kier alpha value is -2.93. The number of esters is 2. The summed E-state index contributed by atoms with van der Waals surface area (Å²) < 4.78 is 23.1. The van der Waals surface area contributed by atoms with E-state index < -0.39 is 47.5 Å². The van der Waals surface area contributed by atoms with Gasteiger partial charge in [0.05, 0.1) is 36.4 Å². The van der Waals surface area contributed by atoms with E-state index in [2.05, 4.69) is 24.1 Å². The molecule has 11 atom stereocenters. The molecule has 11 heteroatoms. The summed E-state index contributed by atoms with van der Waals surface area (Å²) in [7, 11) is 1.71. The first-order chi connectivity index (χ1) is 23.1. The second-order valence-corrected chi connectivity index (χ2v) is 14.0. The lowest BCUT2D eigenvalue weighted by atomic mass is 9.87. The number of epoxide rings is 1. The fourth-order valence-electron chi connectivity index (χ4n) is 6.57. The van der Waals surface area contributed by atoms with Crippen LogP contribution in [0.3, 0.4) is 0 Å². The molecule has 0 bridgehead atoms. The number of aromatic nitrogens is 1. The van der Waals surface area contributed by atoms with E-state index >= 15 is 0 Å². The van der Waals surface area contributed by atoms with E-state index in [0.717, 1.165) is 12.1 Å². The highest BCUT2D eigenvalue weighted by atomic mass is 16.6. The number of methoxy groups -OCH3 is 1. The number of allylic oxidation sites excluding steroid dienone is 2. The van der Waals surface area contributed by atoms with Crippen LogP contribution in [0.15, 0.2) is 60.3 Å².